The standard InChI is InChI=1S/C19H21ClN4O3S/c1-23(28(2,26)27)12-13-5-3-6-14(11-13)24-17(9-10-21)22-16-8-4-7-15(20)18(16)19(24)25/h3-8,11H,9-10,12,21H2,1-2H3. The van der Waals surface area contributed by atoms with Gasteiger partial charge in [0.15, 0.2) is 0 Å². The fourth-order valence-electron chi connectivity index (χ4n) is 2.97. The highest BCUT2D eigenvalue weighted by Gasteiger charge is 2.16. The summed E-state index contributed by atoms with van der Waals surface area (Å²) in [7, 11) is -1.81. The molecule has 0 spiro atoms. The second-order valence-electron chi connectivity index (χ2n) is 6.53. The van der Waals surface area contributed by atoms with Gasteiger partial charge in [0.05, 0.1) is 27.9 Å². The van der Waals surface area contributed by atoms with Gasteiger partial charge in [0.2, 0.25) is 10.0 Å². The molecule has 0 aliphatic rings. The van der Waals surface area contributed by atoms with E-state index in [0.717, 1.165) is 11.8 Å². The van der Waals surface area contributed by atoms with Crippen molar-refractivity contribution in [1.82, 2.24) is 13.9 Å². The summed E-state index contributed by atoms with van der Waals surface area (Å²) in [5, 5.41) is 0.666. The number of nitrogens with zero attached hydrogens (tertiary/aromatic N) is 3. The summed E-state index contributed by atoms with van der Waals surface area (Å²) in [4.78, 5) is 17.8. The lowest BCUT2D eigenvalue weighted by Crippen LogP contribution is -2.27. The van der Waals surface area contributed by atoms with Gasteiger partial charge < -0.3 is 5.73 Å². The van der Waals surface area contributed by atoms with Gasteiger partial charge in [0, 0.05) is 20.0 Å². The number of halogens is 1. The third-order valence-corrected chi connectivity index (χ3v) is 6.00. The lowest BCUT2D eigenvalue weighted by molar-refractivity contribution is 0.472. The van der Waals surface area contributed by atoms with E-state index in [1.54, 1.807) is 42.5 Å². The molecule has 148 valence electrons. The van der Waals surface area contributed by atoms with E-state index in [0.29, 0.717) is 40.4 Å². The highest BCUT2D eigenvalue weighted by molar-refractivity contribution is 7.88. The third-order valence-electron chi connectivity index (χ3n) is 4.42. The molecule has 0 saturated heterocycles. The van der Waals surface area contributed by atoms with Crippen molar-refractivity contribution in [1.29, 1.82) is 0 Å². The predicted octanol–water partition coefficient (Wildman–Crippen LogP) is 1.93. The maximum atomic E-state index is 13.2. The maximum absolute atomic E-state index is 13.2. The molecule has 3 rings (SSSR count). The van der Waals surface area contributed by atoms with E-state index in [-0.39, 0.29) is 12.1 Å². The Labute approximate surface area is 168 Å². The summed E-state index contributed by atoms with van der Waals surface area (Å²) in [5.74, 6) is 0.524. The lowest BCUT2D eigenvalue weighted by atomic mass is 10.1. The first-order chi connectivity index (χ1) is 13.2. The van der Waals surface area contributed by atoms with Crippen molar-refractivity contribution in [2.45, 2.75) is 13.0 Å². The summed E-state index contributed by atoms with van der Waals surface area (Å²) in [6, 6.07) is 12.3. The summed E-state index contributed by atoms with van der Waals surface area (Å²) < 4.78 is 26.1. The van der Waals surface area contributed by atoms with Gasteiger partial charge in [-0.2, -0.15) is 0 Å². The van der Waals surface area contributed by atoms with Crippen molar-refractivity contribution >= 4 is 32.5 Å². The smallest absolute Gasteiger partial charge is 0.267 e. The molecule has 28 heavy (non-hydrogen) atoms. The molecule has 0 bridgehead atoms. The van der Waals surface area contributed by atoms with Gasteiger partial charge in [-0.05, 0) is 36.4 Å². The lowest BCUT2D eigenvalue weighted by Gasteiger charge is -2.17. The first-order valence-electron chi connectivity index (χ1n) is 8.63. The SMILES string of the molecule is CN(Cc1cccc(-n2c(CCN)nc3cccc(Cl)c3c2=O)c1)S(C)(=O)=O. The van der Waals surface area contributed by atoms with Gasteiger partial charge in [0.1, 0.15) is 5.82 Å². The zero-order valence-corrected chi connectivity index (χ0v) is 17.2. The Balaban J connectivity index is 2.19. The third kappa shape index (κ3) is 4.10. The second-order valence-corrected chi connectivity index (χ2v) is 9.03. The number of fused-ring (bicyclic) bond motifs is 1. The van der Waals surface area contributed by atoms with Crippen molar-refractivity contribution in [2.24, 2.45) is 5.73 Å². The quantitative estimate of drug-likeness (QED) is 0.657. The van der Waals surface area contributed by atoms with Crippen molar-refractivity contribution < 1.29 is 8.42 Å². The van der Waals surface area contributed by atoms with Crippen LogP contribution in [0.3, 0.4) is 0 Å². The van der Waals surface area contributed by atoms with E-state index in [1.165, 1.54) is 15.9 Å². The number of benzene rings is 2. The zero-order valence-electron chi connectivity index (χ0n) is 15.6. The van der Waals surface area contributed by atoms with Gasteiger partial charge in [-0.1, -0.05) is 29.8 Å². The van der Waals surface area contributed by atoms with Crippen molar-refractivity contribution in [3.63, 3.8) is 0 Å². The average molecular weight is 421 g/mol. The Bertz CT molecular complexity index is 1190. The molecule has 3 aromatic rings. The molecule has 1 heterocycles. The number of nitrogens with two attached hydrogens (primary N) is 1. The minimum absolute atomic E-state index is 0.190. The van der Waals surface area contributed by atoms with E-state index < -0.39 is 10.0 Å². The molecular weight excluding hydrogens is 400 g/mol. The van der Waals surface area contributed by atoms with Crippen LogP contribution in [0.25, 0.3) is 16.6 Å². The molecule has 2 aromatic carbocycles. The summed E-state index contributed by atoms with van der Waals surface area (Å²) in [5.41, 5.74) is 7.29. The molecule has 0 atom stereocenters. The molecule has 0 saturated carbocycles. The van der Waals surface area contributed by atoms with Gasteiger partial charge >= 0.3 is 0 Å². The minimum Gasteiger partial charge on any atom is -0.330 e. The number of hydrogen-bond donors (Lipinski definition) is 1. The summed E-state index contributed by atoms with van der Waals surface area (Å²) >= 11 is 6.25. The second kappa shape index (κ2) is 8.00. The Kier molecular flexibility index (Phi) is 5.85. The van der Waals surface area contributed by atoms with E-state index >= 15 is 0 Å². The number of aromatic nitrogens is 2. The highest BCUT2D eigenvalue weighted by atomic mass is 35.5. The van der Waals surface area contributed by atoms with Crippen molar-refractivity contribution in [3.8, 4) is 5.69 Å². The fraction of sp³-hybridized carbons (Fsp3) is 0.263. The molecule has 9 heteroatoms. The summed E-state index contributed by atoms with van der Waals surface area (Å²) in [6.45, 7) is 0.518. The average Bonchev–Trinajstić information content (AvgIpc) is 2.61. The molecule has 0 radical (unpaired) electrons. The van der Waals surface area contributed by atoms with Crippen molar-refractivity contribution in [3.05, 3.63) is 69.2 Å². The van der Waals surface area contributed by atoms with E-state index in [1.807, 2.05) is 0 Å². The van der Waals surface area contributed by atoms with Crippen LogP contribution < -0.4 is 11.3 Å². The van der Waals surface area contributed by atoms with Gasteiger partial charge in [0.25, 0.3) is 5.56 Å². The monoisotopic (exact) mass is 420 g/mol. The molecule has 0 unspecified atom stereocenters. The normalized spacial score (nSPS) is 12.0. The van der Waals surface area contributed by atoms with Gasteiger partial charge in [-0.15, -0.1) is 0 Å². The van der Waals surface area contributed by atoms with Crippen LogP contribution in [0.1, 0.15) is 11.4 Å². The Morgan fingerprint density at radius 2 is 1.93 bits per heavy atom. The largest absolute Gasteiger partial charge is 0.330 e. The van der Waals surface area contributed by atoms with E-state index in [4.69, 9.17) is 17.3 Å². The Morgan fingerprint density at radius 1 is 1.21 bits per heavy atom. The van der Waals surface area contributed by atoms with Crippen LogP contribution in [0.4, 0.5) is 0 Å². The first-order valence-corrected chi connectivity index (χ1v) is 10.9. The van der Waals surface area contributed by atoms with Crippen LogP contribution in [-0.2, 0) is 23.0 Å². The number of rotatable bonds is 6. The topological polar surface area (TPSA) is 98.3 Å². The molecule has 0 amide bonds. The van der Waals surface area contributed by atoms with Crippen LogP contribution in [0.15, 0.2) is 47.3 Å². The van der Waals surface area contributed by atoms with Gasteiger partial charge in [-0.25, -0.2) is 17.7 Å². The first kappa shape index (κ1) is 20.5. The number of sulfonamides is 1. The Hall–Kier alpha value is -2.26. The molecular formula is C19H21ClN4O3S. The van der Waals surface area contributed by atoms with Crippen LogP contribution >= 0.6 is 11.6 Å². The van der Waals surface area contributed by atoms with Crippen LogP contribution in [0.5, 0.6) is 0 Å². The summed E-state index contributed by atoms with van der Waals surface area (Å²) in [6.07, 6.45) is 1.56. The van der Waals surface area contributed by atoms with E-state index in [2.05, 4.69) is 4.98 Å². The van der Waals surface area contributed by atoms with Crippen LogP contribution in [0.2, 0.25) is 5.02 Å². The van der Waals surface area contributed by atoms with Crippen LogP contribution in [-0.4, -0.2) is 42.1 Å². The Morgan fingerprint density at radius 3 is 2.61 bits per heavy atom. The molecule has 0 fully saturated rings. The van der Waals surface area contributed by atoms with Crippen molar-refractivity contribution in [2.75, 3.05) is 19.8 Å². The predicted molar refractivity (Wildman–Crippen MR) is 111 cm³/mol. The molecule has 0 aliphatic heterocycles. The zero-order chi connectivity index (χ0) is 20.5. The van der Waals surface area contributed by atoms with E-state index in [9.17, 15) is 13.2 Å². The number of hydrogen-bond acceptors (Lipinski definition) is 5. The minimum atomic E-state index is -3.32. The maximum Gasteiger partial charge on any atom is 0.267 e. The van der Waals surface area contributed by atoms with Crippen LogP contribution in [0, 0.1) is 0 Å². The molecule has 0 aliphatic carbocycles. The molecule has 2 N–H and O–H groups in total. The molecule has 7 nitrogen and oxygen atoms in total. The highest BCUT2D eigenvalue weighted by Crippen LogP contribution is 2.21. The molecule has 1 aromatic heterocycles. The fourth-order valence-corrected chi connectivity index (χ4v) is 3.60. The van der Waals surface area contributed by atoms with Gasteiger partial charge in [-0.3, -0.25) is 9.36 Å².